The minimum absolute atomic E-state index is 0.187. The number of aromatic amines is 1. The molecule has 33 heavy (non-hydrogen) atoms. The molecule has 0 radical (unpaired) electrons. The molecule has 3 aromatic carbocycles. The van der Waals surface area contributed by atoms with Gasteiger partial charge in [-0.3, -0.25) is 0 Å². The van der Waals surface area contributed by atoms with Crippen LogP contribution in [-0.4, -0.2) is 32.6 Å². The summed E-state index contributed by atoms with van der Waals surface area (Å²) < 4.78 is 0. The van der Waals surface area contributed by atoms with Crippen LogP contribution in [0.15, 0.2) is 66.7 Å². The van der Waals surface area contributed by atoms with E-state index in [0.717, 1.165) is 52.9 Å². The van der Waals surface area contributed by atoms with Gasteiger partial charge in [-0.25, -0.2) is 14.8 Å². The maximum absolute atomic E-state index is 11.5. The molecule has 0 aliphatic carbocycles. The van der Waals surface area contributed by atoms with E-state index in [0.29, 0.717) is 21.9 Å². The van der Waals surface area contributed by atoms with Crippen LogP contribution < -0.4 is 4.90 Å². The number of anilines is 2. The summed E-state index contributed by atoms with van der Waals surface area (Å²) in [7, 11) is 0. The molecular formula is C26H19ClN4O2. The summed E-state index contributed by atoms with van der Waals surface area (Å²) in [6.45, 7) is 0.778. The molecule has 0 unspecified atom stereocenters. The Bertz CT molecular complexity index is 1530. The molecule has 0 spiro atoms. The number of H-pyrrole nitrogens is 1. The predicted molar refractivity (Wildman–Crippen MR) is 131 cm³/mol. The first-order valence-corrected chi connectivity index (χ1v) is 11.1. The van der Waals surface area contributed by atoms with E-state index in [1.807, 2.05) is 36.4 Å². The standard InChI is InChI=1S/C26H19ClN4O2/c27-18-8-10-23-16(12-18)5-3-11-31(23)25-24(22-13-15-4-1-2-6-19(15)28-22)29-20-9-7-17(26(32)33)14-21(20)30-25/h1-2,4,6-10,12-14,28H,3,5,11H2,(H,32,33). The molecule has 2 N–H and O–H groups in total. The Labute approximate surface area is 194 Å². The van der Waals surface area contributed by atoms with Crippen molar-refractivity contribution in [3.05, 3.63) is 82.9 Å². The number of benzene rings is 3. The molecule has 0 atom stereocenters. The van der Waals surface area contributed by atoms with Crippen molar-refractivity contribution in [1.82, 2.24) is 15.0 Å². The van der Waals surface area contributed by atoms with Gasteiger partial charge in [0.2, 0.25) is 0 Å². The third-order valence-electron chi connectivity index (χ3n) is 6.09. The number of para-hydroxylation sites is 1. The number of hydrogen-bond donors (Lipinski definition) is 2. The van der Waals surface area contributed by atoms with Crippen LogP contribution in [-0.2, 0) is 6.42 Å². The average molecular weight is 455 g/mol. The van der Waals surface area contributed by atoms with Gasteiger partial charge in [-0.05, 0) is 66.9 Å². The second-order valence-electron chi connectivity index (χ2n) is 8.20. The van der Waals surface area contributed by atoms with Gasteiger partial charge in [-0.1, -0.05) is 29.8 Å². The smallest absolute Gasteiger partial charge is 0.335 e. The summed E-state index contributed by atoms with van der Waals surface area (Å²) in [4.78, 5) is 27.1. The number of hydrogen-bond acceptors (Lipinski definition) is 4. The first kappa shape index (κ1) is 19.8. The highest BCUT2D eigenvalue weighted by atomic mass is 35.5. The molecule has 6 rings (SSSR count). The van der Waals surface area contributed by atoms with Gasteiger partial charge in [0.05, 0.1) is 22.3 Å². The third-order valence-corrected chi connectivity index (χ3v) is 6.33. The molecule has 0 bridgehead atoms. The number of nitrogens with zero attached hydrogens (tertiary/aromatic N) is 3. The zero-order chi connectivity index (χ0) is 22.5. The van der Waals surface area contributed by atoms with E-state index in [2.05, 4.69) is 22.0 Å². The lowest BCUT2D eigenvalue weighted by atomic mass is 10.0. The lowest BCUT2D eigenvalue weighted by Crippen LogP contribution is -2.26. The number of carboxylic acids is 1. The van der Waals surface area contributed by atoms with Gasteiger partial charge in [0.25, 0.3) is 0 Å². The number of carboxylic acid groups (broad SMARTS) is 1. The lowest BCUT2D eigenvalue weighted by molar-refractivity contribution is 0.0697. The summed E-state index contributed by atoms with van der Waals surface area (Å²) in [5, 5.41) is 11.3. The van der Waals surface area contributed by atoms with Crippen LogP contribution in [0.3, 0.4) is 0 Å². The first-order valence-electron chi connectivity index (χ1n) is 10.8. The van der Waals surface area contributed by atoms with Crippen molar-refractivity contribution in [3.63, 3.8) is 0 Å². The van der Waals surface area contributed by atoms with Gasteiger partial charge < -0.3 is 15.0 Å². The number of fused-ring (bicyclic) bond motifs is 3. The second kappa shape index (κ2) is 7.60. The molecule has 3 heterocycles. The Balaban J connectivity index is 1.61. The number of aromatic carboxylic acids is 1. The summed E-state index contributed by atoms with van der Waals surface area (Å²) in [5.74, 6) is -0.294. The molecule has 5 aromatic rings. The molecule has 0 saturated heterocycles. The van der Waals surface area contributed by atoms with Crippen LogP contribution in [0.5, 0.6) is 0 Å². The van der Waals surface area contributed by atoms with E-state index in [1.54, 1.807) is 18.2 Å². The minimum atomic E-state index is -0.988. The van der Waals surface area contributed by atoms with Crippen molar-refractivity contribution in [2.45, 2.75) is 12.8 Å². The topological polar surface area (TPSA) is 82.1 Å². The van der Waals surface area contributed by atoms with Crippen LogP contribution in [0, 0.1) is 0 Å². The van der Waals surface area contributed by atoms with Crippen molar-refractivity contribution in [2.24, 2.45) is 0 Å². The molecule has 7 heteroatoms. The van der Waals surface area contributed by atoms with Crippen molar-refractivity contribution in [2.75, 3.05) is 11.4 Å². The maximum Gasteiger partial charge on any atom is 0.335 e. The quantitative estimate of drug-likeness (QED) is 0.338. The van der Waals surface area contributed by atoms with Crippen molar-refractivity contribution in [3.8, 4) is 11.4 Å². The fraction of sp³-hybridized carbons (Fsp3) is 0.115. The molecule has 2 aromatic heterocycles. The fourth-order valence-corrected chi connectivity index (χ4v) is 4.73. The van der Waals surface area contributed by atoms with Gasteiger partial charge in [-0.15, -0.1) is 0 Å². The van der Waals surface area contributed by atoms with Crippen LogP contribution in [0.4, 0.5) is 11.5 Å². The van der Waals surface area contributed by atoms with Gasteiger partial charge >= 0.3 is 5.97 Å². The molecule has 0 amide bonds. The van der Waals surface area contributed by atoms with Gasteiger partial charge in [0.1, 0.15) is 5.69 Å². The summed E-state index contributed by atoms with van der Waals surface area (Å²) >= 11 is 6.26. The molecule has 1 aliphatic rings. The average Bonchev–Trinajstić information content (AvgIpc) is 3.26. The highest BCUT2D eigenvalue weighted by Gasteiger charge is 2.25. The fourth-order valence-electron chi connectivity index (χ4n) is 4.53. The van der Waals surface area contributed by atoms with E-state index in [9.17, 15) is 9.90 Å². The monoisotopic (exact) mass is 454 g/mol. The number of rotatable bonds is 3. The molecule has 1 aliphatic heterocycles. The molecule has 6 nitrogen and oxygen atoms in total. The zero-order valence-electron chi connectivity index (χ0n) is 17.5. The highest BCUT2D eigenvalue weighted by Crippen LogP contribution is 2.39. The van der Waals surface area contributed by atoms with Gasteiger partial charge in [-0.2, -0.15) is 0 Å². The van der Waals surface area contributed by atoms with E-state index in [-0.39, 0.29) is 5.56 Å². The Kier molecular flexibility index (Phi) is 4.55. The number of nitrogens with one attached hydrogen (secondary N) is 1. The van der Waals surface area contributed by atoms with Crippen LogP contribution in [0.25, 0.3) is 33.3 Å². The van der Waals surface area contributed by atoms with E-state index in [1.165, 1.54) is 0 Å². The van der Waals surface area contributed by atoms with Crippen LogP contribution in [0.2, 0.25) is 5.02 Å². The molecule has 0 saturated carbocycles. The Morgan fingerprint density at radius 3 is 2.73 bits per heavy atom. The Morgan fingerprint density at radius 1 is 1.00 bits per heavy atom. The largest absolute Gasteiger partial charge is 0.478 e. The molecule has 0 fully saturated rings. The van der Waals surface area contributed by atoms with Crippen LogP contribution in [0.1, 0.15) is 22.3 Å². The van der Waals surface area contributed by atoms with Gasteiger partial charge in [0.15, 0.2) is 5.82 Å². The lowest BCUT2D eigenvalue weighted by Gasteiger charge is -2.31. The Morgan fingerprint density at radius 2 is 1.88 bits per heavy atom. The second-order valence-corrected chi connectivity index (χ2v) is 8.64. The van der Waals surface area contributed by atoms with Gasteiger partial charge in [0, 0.05) is 28.2 Å². The third kappa shape index (κ3) is 3.39. The van der Waals surface area contributed by atoms with Crippen molar-refractivity contribution >= 4 is 51.0 Å². The van der Waals surface area contributed by atoms with Crippen LogP contribution >= 0.6 is 11.6 Å². The first-order chi connectivity index (χ1) is 16.1. The van der Waals surface area contributed by atoms with Crippen molar-refractivity contribution in [1.29, 1.82) is 0 Å². The number of aryl methyl sites for hydroxylation is 1. The minimum Gasteiger partial charge on any atom is -0.478 e. The summed E-state index contributed by atoms with van der Waals surface area (Å²) in [6, 6.07) is 20.9. The van der Waals surface area contributed by atoms with E-state index in [4.69, 9.17) is 21.6 Å². The Hall–Kier alpha value is -3.90. The summed E-state index contributed by atoms with van der Waals surface area (Å²) in [6.07, 6.45) is 1.90. The summed E-state index contributed by atoms with van der Waals surface area (Å²) in [5.41, 5.74) is 6.20. The maximum atomic E-state index is 11.5. The number of aromatic nitrogens is 3. The number of halogens is 1. The predicted octanol–water partition coefficient (Wildman–Crippen LogP) is 6.21. The van der Waals surface area contributed by atoms with E-state index >= 15 is 0 Å². The number of carbonyl (C=O) groups is 1. The van der Waals surface area contributed by atoms with E-state index < -0.39 is 5.97 Å². The highest BCUT2D eigenvalue weighted by molar-refractivity contribution is 6.30. The normalized spacial score (nSPS) is 13.4. The molecule has 162 valence electrons. The van der Waals surface area contributed by atoms with Crippen molar-refractivity contribution < 1.29 is 9.90 Å². The zero-order valence-corrected chi connectivity index (χ0v) is 18.3. The molecular weight excluding hydrogens is 436 g/mol. The SMILES string of the molecule is O=C(O)c1ccc2nc(-c3cc4ccccc4[nH]3)c(N3CCCc4cc(Cl)ccc43)nc2c1.